The first-order valence-electron chi connectivity index (χ1n) is 7.54. The molecule has 3 heteroatoms. The highest BCUT2D eigenvalue weighted by Gasteiger charge is 2.21. The fourth-order valence-electron chi connectivity index (χ4n) is 3.13. The highest BCUT2D eigenvalue weighted by molar-refractivity contribution is 6.04. The number of pyridine rings is 1. The number of halogens is 1. The van der Waals surface area contributed by atoms with Crippen molar-refractivity contribution in [2.45, 2.75) is 27.3 Å². The Morgan fingerprint density at radius 2 is 1.61 bits per heavy atom. The van der Waals surface area contributed by atoms with Crippen molar-refractivity contribution in [1.29, 1.82) is 0 Å². The Labute approximate surface area is 147 Å². The summed E-state index contributed by atoms with van der Waals surface area (Å²) in [4.78, 5) is 12.7. The number of aromatic nitrogens is 1. The van der Waals surface area contributed by atoms with Crippen molar-refractivity contribution >= 4 is 5.78 Å². The maximum absolute atomic E-state index is 12.7. The number of hydrogen-bond acceptors (Lipinski definition) is 1. The molecule has 0 atom stereocenters. The van der Waals surface area contributed by atoms with Crippen molar-refractivity contribution in [2.24, 2.45) is 0 Å². The summed E-state index contributed by atoms with van der Waals surface area (Å²) < 4.78 is 1.91. The van der Waals surface area contributed by atoms with Crippen LogP contribution < -0.4 is 21.5 Å². The third kappa shape index (κ3) is 3.50. The van der Waals surface area contributed by atoms with E-state index in [0.29, 0.717) is 6.54 Å². The first-order valence-corrected chi connectivity index (χ1v) is 7.54. The summed E-state index contributed by atoms with van der Waals surface area (Å²) in [6, 6.07) is 14.2. The number of hydrogen-bond donors (Lipinski definition) is 0. The Morgan fingerprint density at radius 3 is 2.30 bits per heavy atom. The second-order valence-corrected chi connectivity index (χ2v) is 5.91. The molecule has 118 valence electrons. The number of carbonyl (C=O) groups excluding carboxylic acids is 1. The Kier molecular flexibility index (Phi) is 5.32. The van der Waals surface area contributed by atoms with Crippen LogP contribution in [0.5, 0.6) is 0 Å². The Bertz CT molecular complexity index is 812. The van der Waals surface area contributed by atoms with Crippen LogP contribution in [0.2, 0.25) is 0 Å². The van der Waals surface area contributed by atoms with Crippen LogP contribution in [-0.2, 0) is 6.54 Å². The fourth-order valence-corrected chi connectivity index (χ4v) is 3.13. The molecule has 0 amide bonds. The van der Waals surface area contributed by atoms with Crippen LogP contribution in [0.25, 0.3) is 11.1 Å². The number of fused-ring (bicyclic) bond motifs is 1. The smallest absolute Gasteiger partial charge is 0.228 e. The summed E-state index contributed by atoms with van der Waals surface area (Å²) in [6.45, 7) is 6.66. The lowest BCUT2D eigenvalue weighted by Crippen LogP contribution is -3.00. The summed E-state index contributed by atoms with van der Waals surface area (Å²) >= 11 is 0. The number of rotatable bonds is 3. The fraction of sp³-hybridized carbons (Fsp3) is 0.200. The maximum atomic E-state index is 12.7. The molecule has 3 rings (SSSR count). The molecule has 0 saturated heterocycles. The Hall–Kier alpha value is -2.00. The summed E-state index contributed by atoms with van der Waals surface area (Å²) in [5.74, 6) is 0.151. The average Bonchev–Trinajstić information content (AvgIpc) is 2.89. The molecule has 1 aromatic heterocycles. The van der Waals surface area contributed by atoms with E-state index in [1.165, 1.54) is 16.7 Å². The molecule has 0 radical (unpaired) electrons. The first-order chi connectivity index (χ1) is 10.6. The molecule has 2 nitrogen and oxygen atoms in total. The Morgan fingerprint density at radius 1 is 0.957 bits per heavy atom. The van der Waals surface area contributed by atoms with E-state index in [2.05, 4.69) is 39.0 Å². The van der Waals surface area contributed by atoms with E-state index in [9.17, 15) is 4.79 Å². The molecule has 0 saturated carbocycles. The van der Waals surface area contributed by atoms with Gasteiger partial charge in [-0.25, -0.2) is 0 Å². The van der Waals surface area contributed by atoms with Crippen LogP contribution in [0.15, 0.2) is 54.9 Å². The molecular weight excluding hydrogens is 350 g/mol. The van der Waals surface area contributed by atoms with Crippen molar-refractivity contribution in [3.8, 4) is 11.1 Å². The van der Waals surface area contributed by atoms with Crippen molar-refractivity contribution in [3.05, 3.63) is 77.1 Å². The van der Waals surface area contributed by atoms with E-state index in [0.717, 1.165) is 16.7 Å². The number of Topliss-reactive ketones (excluding diaryl/α,β-unsaturated/α-hetero) is 1. The van der Waals surface area contributed by atoms with Gasteiger partial charge in [0.2, 0.25) is 12.3 Å². The van der Waals surface area contributed by atoms with Crippen molar-refractivity contribution < 1.29 is 26.3 Å². The minimum absolute atomic E-state index is 0. The lowest BCUT2D eigenvalue weighted by Gasteiger charge is -2.04. The van der Waals surface area contributed by atoms with E-state index >= 15 is 0 Å². The van der Waals surface area contributed by atoms with Crippen LogP contribution in [-0.4, -0.2) is 5.78 Å². The van der Waals surface area contributed by atoms with Gasteiger partial charge in [-0.15, -0.1) is 0 Å². The summed E-state index contributed by atoms with van der Waals surface area (Å²) in [5, 5.41) is 0. The van der Waals surface area contributed by atoms with Crippen LogP contribution in [0, 0.1) is 20.8 Å². The lowest BCUT2D eigenvalue weighted by atomic mass is 9.99. The minimum Gasteiger partial charge on any atom is -1.00 e. The molecule has 0 unspecified atom stereocenters. The van der Waals surface area contributed by atoms with E-state index in [-0.39, 0.29) is 22.8 Å². The number of carbonyl (C=O) groups is 1. The standard InChI is InChI=1S/C20H20NO.BrH/c1-14-11-15(2)17-7-8-18(20(17)16(3)12-14)19(22)13-21-9-5-4-6-10-21;/h4-12H,13H2,1-3H3;1H/q+1;/p-1. The van der Waals surface area contributed by atoms with Gasteiger partial charge >= 0.3 is 0 Å². The number of nitrogens with zero attached hydrogens (tertiary/aromatic N) is 1. The van der Waals surface area contributed by atoms with E-state index in [4.69, 9.17) is 0 Å². The molecule has 0 bridgehead atoms. The second-order valence-electron chi connectivity index (χ2n) is 5.91. The van der Waals surface area contributed by atoms with Gasteiger partial charge in [0, 0.05) is 17.7 Å². The number of ketones is 1. The van der Waals surface area contributed by atoms with Crippen molar-refractivity contribution in [2.75, 3.05) is 0 Å². The first kappa shape index (κ1) is 17.4. The van der Waals surface area contributed by atoms with Crippen LogP contribution in [0.4, 0.5) is 0 Å². The highest BCUT2D eigenvalue weighted by atomic mass is 79.9. The van der Waals surface area contributed by atoms with Crippen LogP contribution >= 0.6 is 0 Å². The van der Waals surface area contributed by atoms with Gasteiger partial charge in [-0.1, -0.05) is 29.8 Å². The largest absolute Gasteiger partial charge is 1.00 e. The zero-order valence-electron chi connectivity index (χ0n) is 13.6. The minimum atomic E-state index is 0. The predicted octanol–water partition coefficient (Wildman–Crippen LogP) is 0.891. The van der Waals surface area contributed by atoms with Crippen molar-refractivity contribution in [1.82, 2.24) is 0 Å². The zero-order valence-corrected chi connectivity index (χ0v) is 15.2. The maximum Gasteiger partial charge on any atom is 0.228 e. The monoisotopic (exact) mass is 369 g/mol. The Balaban J connectivity index is 0.00000192. The summed E-state index contributed by atoms with van der Waals surface area (Å²) in [6.07, 6.45) is 3.84. The van der Waals surface area contributed by atoms with E-state index in [1.807, 2.05) is 41.2 Å². The molecule has 23 heavy (non-hydrogen) atoms. The summed E-state index contributed by atoms with van der Waals surface area (Å²) in [7, 11) is 0. The molecule has 0 spiro atoms. The van der Waals surface area contributed by atoms with Gasteiger partial charge < -0.3 is 17.0 Å². The highest BCUT2D eigenvalue weighted by Crippen LogP contribution is 2.34. The molecule has 0 aromatic carbocycles. The molecule has 0 N–H and O–H groups in total. The van der Waals surface area contributed by atoms with Gasteiger partial charge in [-0.3, -0.25) is 4.79 Å². The van der Waals surface area contributed by atoms with Gasteiger partial charge in [0.05, 0.1) is 0 Å². The van der Waals surface area contributed by atoms with E-state index < -0.39 is 0 Å². The van der Waals surface area contributed by atoms with Gasteiger partial charge in [0.1, 0.15) is 0 Å². The summed E-state index contributed by atoms with van der Waals surface area (Å²) in [5.41, 5.74) is 6.68. The lowest BCUT2D eigenvalue weighted by molar-refractivity contribution is -0.683. The molecule has 1 heterocycles. The topological polar surface area (TPSA) is 20.9 Å². The van der Waals surface area contributed by atoms with E-state index in [1.54, 1.807) is 0 Å². The molecule has 2 aliphatic rings. The average molecular weight is 370 g/mol. The molecule has 2 aliphatic carbocycles. The van der Waals surface area contributed by atoms with Crippen LogP contribution in [0.1, 0.15) is 27.0 Å². The van der Waals surface area contributed by atoms with Gasteiger partial charge in [-0.05, 0) is 49.1 Å². The quantitative estimate of drug-likeness (QED) is 0.496. The van der Waals surface area contributed by atoms with Gasteiger partial charge in [0.25, 0.3) is 0 Å². The van der Waals surface area contributed by atoms with Crippen molar-refractivity contribution in [3.63, 3.8) is 0 Å². The molecule has 1 aromatic rings. The molecule has 0 aliphatic heterocycles. The number of aryl methyl sites for hydroxylation is 3. The van der Waals surface area contributed by atoms with Crippen LogP contribution in [0.3, 0.4) is 0 Å². The normalized spacial score (nSPS) is 10.4. The third-order valence-corrected chi connectivity index (χ3v) is 4.07. The zero-order chi connectivity index (χ0) is 15.7. The predicted molar refractivity (Wildman–Crippen MR) is 88.2 cm³/mol. The second kappa shape index (κ2) is 7.05. The molecule has 0 fully saturated rings. The molecular formula is C20H20BrNO. The van der Waals surface area contributed by atoms with Gasteiger partial charge in [0.15, 0.2) is 12.4 Å². The third-order valence-electron chi connectivity index (χ3n) is 4.07. The SMILES string of the molecule is Cc1cc(C)c2ccc(C(=O)C[n+]3ccccc3)c-2c(C)c1.[Br-]. The van der Waals surface area contributed by atoms with Gasteiger partial charge in [-0.2, -0.15) is 4.57 Å².